The van der Waals surface area contributed by atoms with Crippen LogP contribution in [0.15, 0.2) is 29.1 Å². The quantitative estimate of drug-likeness (QED) is 0.667. The highest BCUT2D eigenvalue weighted by Crippen LogP contribution is 2.16. The van der Waals surface area contributed by atoms with Crippen LogP contribution in [0.25, 0.3) is 10.9 Å². The number of rotatable bonds is 9. The lowest BCUT2D eigenvalue weighted by Gasteiger charge is -2.24. The van der Waals surface area contributed by atoms with Gasteiger partial charge in [-0.25, -0.2) is 4.79 Å². The first kappa shape index (κ1) is 20.9. The molecule has 2 rings (SSSR count). The lowest BCUT2D eigenvalue weighted by Crippen LogP contribution is -2.49. The molecule has 1 aromatic heterocycles. The fraction of sp³-hybridized carbons (Fsp3) is 0.500. The van der Waals surface area contributed by atoms with Gasteiger partial charge < -0.3 is 10.4 Å². The van der Waals surface area contributed by atoms with Crippen LogP contribution >= 0.6 is 11.8 Å². The van der Waals surface area contributed by atoms with Gasteiger partial charge in [0.25, 0.3) is 5.56 Å². The van der Waals surface area contributed by atoms with Gasteiger partial charge in [0.15, 0.2) is 0 Å². The van der Waals surface area contributed by atoms with Crippen LogP contribution in [0.4, 0.5) is 0 Å². The molecule has 3 atom stereocenters. The van der Waals surface area contributed by atoms with Crippen LogP contribution in [0.5, 0.6) is 0 Å². The summed E-state index contributed by atoms with van der Waals surface area (Å²) < 4.78 is 1.06. The normalized spacial score (nSPS) is 14.5. The van der Waals surface area contributed by atoms with E-state index in [1.807, 2.05) is 13.2 Å². The molecular weight excluding hydrogens is 368 g/mol. The average Bonchev–Trinajstić information content (AvgIpc) is 2.67. The Morgan fingerprint density at radius 2 is 2.04 bits per heavy atom. The van der Waals surface area contributed by atoms with Crippen molar-refractivity contribution in [2.24, 2.45) is 5.92 Å². The minimum Gasteiger partial charge on any atom is -0.480 e. The maximum absolute atomic E-state index is 12.9. The second kappa shape index (κ2) is 9.50. The van der Waals surface area contributed by atoms with Gasteiger partial charge in [0.2, 0.25) is 5.91 Å². The lowest BCUT2D eigenvalue weighted by molar-refractivity contribution is -0.144. The van der Waals surface area contributed by atoms with Gasteiger partial charge in [0.05, 0.1) is 5.39 Å². The Labute approximate surface area is 161 Å². The minimum atomic E-state index is -1.10. The molecule has 27 heavy (non-hydrogen) atoms. The van der Waals surface area contributed by atoms with Gasteiger partial charge in [-0.3, -0.25) is 9.59 Å². The Bertz CT molecular complexity index is 870. The first-order chi connectivity index (χ1) is 12.9. The summed E-state index contributed by atoms with van der Waals surface area (Å²) in [7, 11) is 0. The van der Waals surface area contributed by atoms with E-state index in [1.165, 1.54) is 11.8 Å². The number of aromatic nitrogens is 3. The molecule has 2 aromatic rings. The van der Waals surface area contributed by atoms with Crippen molar-refractivity contribution >= 4 is 34.5 Å². The third kappa shape index (κ3) is 4.85. The first-order valence-electron chi connectivity index (χ1n) is 8.77. The molecule has 0 aliphatic rings. The molecule has 9 heteroatoms. The Kier molecular flexibility index (Phi) is 7.35. The highest BCUT2D eigenvalue weighted by molar-refractivity contribution is 7.98. The number of nitrogens with zero attached hydrogens (tertiary/aromatic N) is 3. The summed E-state index contributed by atoms with van der Waals surface area (Å²) in [6, 6.07) is 4.83. The van der Waals surface area contributed by atoms with E-state index in [9.17, 15) is 19.5 Å². The molecule has 0 unspecified atom stereocenters. The fourth-order valence-corrected chi connectivity index (χ4v) is 3.19. The van der Waals surface area contributed by atoms with Crippen LogP contribution < -0.4 is 10.9 Å². The number of benzene rings is 1. The van der Waals surface area contributed by atoms with Gasteiger partial charge >= 0.3 is 5.97 Å². The Morgan fingerprint density at radius 1 is 1.33 bits per heavy atom. The second-order valence-electron chi connectivity index (χ2n) is 6.36. The van der Waals surface area contributed by atoms with E-state index in [2.05, 4.69) is 15.6 Å². The number of carboxylic acids is 1. The smallest absolute Gasteiger partial charge is 0.326 e. The molecule has 1 aromatic carbocycles. The maximum atomic E-state index is 12.9. The minimum absolute atomic E-state index is 0.243. The van der Waals surface area contributed by atoms with Crippen molar-refractivity contribution in [2.45, 2.75) is 38.8 Å². The second-order valence-corrected chi connectivity index (χ2v) is 7.35. The third-order valence-corrected chi connectivity index (χ3v) is 5.21. The molecule has 0 spiro atoms. The molecule has 1 amide bonds. The number of aliphatic carboxylic acids is 1. The summed E-state index contributed by atoms with van der Waals surface area (Å²) in [5.41, 5.74) is 0.0306. The third-order valence-electron chi connectivity index (χ3n) is 4.56. The molecule has 0 saturated heterocycles. The first-order valence-corrected chi connectivity index (χ1v) is 10.2. The molecule has 2 N–H and O–H groups in total. The molecule has 0 bridgehead atoms. The number of carboxylic acid groups (broad SMARTS) is 1. The van der Waals surface area contributed by atoms with E-state index >= 15 is 0 Å². The molecule has 0 radical (unpaired) electrons. The van der Waals surface area contributed by atoms with Gasteiger partial charge in [-0.05, 0) is 36.5 Å². The number of thioether (sulfide) groups is 1. The number of hydrogen-bond acceptors (Lipinski definition) is 6. The average molecular weight is 392 g/mol. The molecule has 0 fully saturated rings. The van der Waals surface area contributed by atoms with Gasteiger partial charge in [0, 0.05) is 0 Å². The highest BCUT2D eigenvalue weighted by atomic mass is 32.2. The van der Waals surface area contributed by atoms with Gasteiger partial charge in [-0.15, -0.1) is 5.10 Å². The molecular formula is C18H24N4O4S. The number of carbonyl (C=O) groups is 2. The van der Waals surface area contributed by atoms with E-state index < -0.39 is 29.5 Å². The monoisotopic (exact) mass is 392 g/mol. The predicted octanol–water partition coefficient (Wildman–Crippen LogP) is 1.70. The number of amides is 1. The molecule has 1 heterocycles. The molecule has 8 nitrogen and oxygen atoms in total. The highest BCUT2D eigenvalue weighted by Gasteiger charge is 2.30. The standard InChI is InChI=1S/C18H24N4O4S/c1-4-11(2)15(18(25)26)19-16(23)14(9-10-27-3)22-17(24)12-7-5-6-8-13(12)20-21-22/h5-8,11,14-15H,4,9-10H2,1-3H3,(H,19,23)(H,25,26)/t11-,14+,15+/m1/s1. The summed E-state index contributed by atoms with van der Waals surface area (Å²) in [5.74, 6) is -1.27. The zero-order valence-corrected chi connectivity index (χ0v) is 16.4. The van der Waals surface area contributed by atoms with Crippen LogP contribution in [0, 0.1) is 5.92 Å². The van der Waals surface area contributed by atoms with Crippen molar-refractivity contribution in [2.75, 3.05) is 12.0 Å². The Balaban J connectivity index is 2.40. The van der Waals surface area contributed by atoms with E-state index in [4.69, 9.17) is 0 Å². The largest absolute Gasteiger partial charge is 0.480 e. The summed E-state index contributed by atoms with van der Waals surface area (Å²) >= 11 is 1.53. The number of carbonyl (C=O) groups excluding carboxylic acids is 1. The molecule has 0 aliphatic heterocycles. The number of nitrogens with one attached hydrogen (secondary N) is 1. The van der Waals surface area contributed by atoms with Gasteiger partial charge in [-0.2, -0.15) is 16.4 Å². The van der Waals surface area contributed by atoms with Crippen LogP contribution in [-0.4, -0.2) is 50.0 Å². The fourth-order valence-electron chi connectivity index (χ4n) is 2.73. The van der Waals surface area contributed by atoms with E-state index in [0.717, 1.165) is 4.68 Å². The Morgan fingerprint density at radius 3 is 2.67 bits per heavy atom. The molecule has 0 saturated carbocycles. The summed E-state index contributed by atoms with van der Waals surface area (Å²) in [6.45, 7) is 3.62. The van der Waals surface area contributed by atoms with E-state index in [1.54, 1.807) is 31.2 Å². The van der Waals surface area contributed by atoms with Crippen molar-refractivity contribution < 1.29 is 14.7 Å². The maximum Gasteiger partial charge on any atom is 0.326 e. The Hall–Kier alpha value is -2.42. The van der Waals surface area contributed by atoms with Crippen molar-refractivity contribution in [3.05, 3.63) is 34.6 Å². The predicted molar refractivity (Wildman–Crippen MR) is 105 cm³/mol. The SMILES string of the molecule is CC[C@@H](C)[C@H](NC(=O)[C@H](CCSC)n1nnc2ccccc2c1=O)C(=O)O. The topological polar surface area (TPSA) is 114 Å². The zero-order valence-electron chi connectivity index (χ0n) is 15.6. The van der Waals surface area contributed by atoms with Crippen molar-refractivity contribution in [3.63, 3.8) is 0 Å². The number of fused-ring (bicyclic) bond motifs is 1. The summed E-state index contributed by atoms with van der Waals surface area (Å²) in [4.78, 5) is 37.2. The lowest BCUT2D eigenvalue weighted by atomic mass is 9.99. The van der Waals surface area contributed by atoms with Crippen LogP contribution in [0.3, 0.4) is 0 Å². The van der Waals surface area contributed by atoms with Crippen molar-refractivity contribution in [3.8, 4) is 0 Å². The molecule has 0 aliphatic carbocycles. The van der Waals surface area contributed by atoms with Crippen LogP contribution in [0.2, 0.25) is 0 Å². The van der Waals surface area contributed by atoms with E-state index in [0.29, 0.717) is 29.5 Å². The van der Waals surface area contributed by atoms with Gasteiger partial charge in [0.1, 0.15) is 17.6 Å². The summed E-state index contributed by atoms with van der Waals surface area (Å²) in [5, 5.41) is 20.3. The summed E-state index contributed by atoms with van der Waals surface area (Å²) in [6.07, 6.45) is 2.83. The van der Waals surface area contributed by atoms with Crippen molar-refractivity contribution in [1.82, 2.24) is 20.3 Å². The van der Waals surface area contributed by atoms with Crippen LogP contribution in [0.1, 0.15) is 32.7 Å². The van der Waals surface area contributed by atoms with Crippen LogP contribution in [-0.2, 0) is 9.59 Å². The molecule has 146 valence electrons. The van der Waals surface area contributed by atoms with Gasteiger partial charge in [-0.1, -0.05) is 37.6 Å². The van der Waals surface area contributed by atoms with Crippen molar-refractivity contribution in [1.29, 1.82) is 0 Å². The zero-order chi connectivity index (χ0) is 20.0. The van der Waals surface area contributed by atoms with E-state index in [-0.39, 0.29) is 5.92 Å². The number of hydrogen-bond donors (Lipinski definition) is 2.